The van der Waals surface area contributed by atoms with Crippen LogP contribution >= 0.6 is 11.3 Å². The molecule has 0 aliphatic carbocycles. The van der Waals surface area contributed by atoms with E-state index >= 15 is 0 Å². The fourth-order valence-corrected chi connectivity index (χ4v) is 2.20. The van der Waals surface area contributed by atoms with E-state index in [0.717, 1.165) is 16.4 Å². The smallest absolute Gasteiger partial charge is 0.208 e. The first-order chi connectivity index (χ1) is 8.48. The molecule has 0 aliphatic rings. The summed E-state index contributed by atoms with van der Waals surface area (Å²) in [6, 6.07) is 1.95. The zero-order chi connectivity index (χ0) is 13.2. The highest BCUT2D eigenvalue weighted by Crippen LogP contribution is 2.31. The van der Waals surface area contributed by atoms with Gasteiger partial charge in [0, 0.05) is 17.0 Å². The molecule has 2 rings (SSSR count). The Labute approximate surface area is 111 Å². The third-order valence-electron chi connectivity index (χ3n) is 2.38. The summed E-state index contributed by atoms with van der Waals surface area (Å²) in [6.07, 6.45) is 1.75. The Bertz CT molecular complexity index is 511. The molecule has 0 saturated carbocycles. The zero-order valence-corrected chi connectivity index (χ0v) is 11.9. The summed E-state index contributed by atoms with van der Waals surface area (Å²) >= 11 is 1.59. The molecule has 0 atom stereocenters. The summed E-state index contributed by atoms with van der Waals surface area (Å²) < 4.78 is 10.9. The predicted molar refractivity (Wildman–Crippen MR) is 73.0 cm³/mol. The fourth-order valence-electron chi connectivity index (χ4n) is 1.40. The molecule has 2 aromatic heterocycles. The van der Waals surface area contributed by atoms with Crippen molar-refractivity contribution in [1.29, 1.82) is 0 Å². The van der Waals surface area contributed by atoms with Crippen molar-refractivity contribution in [3.8, 4) is 16.4 Å². The van der Waals surface area contributed by atoms with Crippen LogP contribution in [0.1, 0.15) is 26.7 Å². The van der Waals surface area contributed by atoms with Gasteiger partial charge in [0.15, 0.2) is 5.76 Å². The van der Waals surface area contributed by atoms with Crippen molar-refractivity contribution in [3.63, 3.8) is 0 Å². The van der Waals surface area contributed by atoms with Crippen LogP contribution in [0.15, 0.2) is 22.1 Å². The molecule has 0 amide bonds. The van der Waals surface area contributed by atoms with Gasteiger partial charge in [0.25, 0.3) is 0 Å². The fraction of sp³-hybridized carbons (Fsp3) is 0.462. The highest BCUT2D eigenvalue weighted by Gasteiger charge is 2.13. The number of thiophene rings is 1. The van der Waals surface area contributed by atoms with Crippen LogP contribution < -0.4 is 10.1 Å². The number of rotatable bonds is 4. The lowest BCUT2D eigenvalue weighted by molar-refractivity contribution is 0.383. The molecule has 18 heavy (non-hydrogen) atoms. The molecular formula is C13H18N2O2S. The highest BCUT2D eigenvalue weighted by atomic mass is 32.1. The normalized spacial score (nSPS) is 11.8. The first-order valence-corrected chi connectivity index (χ1v) is 6.68. The molecule has 2 aromatic rings. The first-order valence-electron chi connectivity index (χ1n) is 5.80. The van der Waals surface area contributed by atoms with Crippen LogP contribution in [0.5, 0.6) is 5.75 Å². The van der Waals surface area contributed by atoms with Gasteiger partial charge in [-0.3, -0.25) is 0 Å². The van der Waals surface area contributed by atoms with Crippen LogP contribution in [-0.2, 0) is 6.54 Å². The minimum atomic E-state index is 0.0563. The molecule has 0 aliphatic heterocycles. The quantitative estimate of drug-likeness (QED) is 0.922. The Morgan fingerprint density at radius 2 is 2.22 bits per heavy atom. The Morgan fingerprint density at radius 3 is 2.83 bits per heavy atom. The molecule has 0 spiro atoms. The molecule has 0 fully saturated rings. The summed E-state index contributed by atoms with van der Waals surface area (Å²) in [5, 5.41) is 5.29. The van der Waals surface area contributed by atoms with Gasteiger partial charge in [-0.25, -0.2) is 4.98 Å². The zero-order valence-electron chi connectivity index (χ0n) is 11.1. The Kier molecular flexibility index (Phi) is 3.73. The number of hydrogen-bond donors (Lipinski definition) is 1. The summed E-state index contributed by atoms with van der Waals surface area (Å²) in [7, 11) is 1.66. The Balaban J connectivity index is 2.06. The van der Waals surface area contributed by atoms with Gasteiger partial charge in [-0.2, -0.15) is 0 Å². The standard InChI is InChI=1S/C13H18N2O2S/c1-13(2,3)15-7-12-14-6-10(17-12)11-5-9(16-4)8-18-11/h5-6,8,15H,7H2,1-4H3. The number of nitrogens with zero attached hydrogens (tertiary/aromatic N) is 1. The molecule has 4 nitrogen and oxygen atoms in total. The van der Waals surface area contributed by atoms with Crippen molar-refractivity contribution in [2.24, 2.45) is 0 Å². The molecule has 2 heterocycles. The minimum absolute atomic E-state index is 0.0563. The summed E-state index contributed by atoms with van der Waals surface area (Å²) in [6.45, 7) is 6.97. The maximum Gasteiger partial charge on any atom is 0.208 e. The van der Waals surface area contributed by atoms with Crippen molar-refractivity contribution >= 4 is 11.3 Å². The number of oxazole rings is 1. The number of methoxy groups -OCH3 is 1. The van der Waals surface area contributed by atoms with Crippen LogP contribution in [0.4, 0.5) is 0 Å². The van der Waals surface area contributed by atoms with E-state index in [9.17, 15) is 0 Å². The van der Waals surface area contributed by atoms with E-state index in [4.69, 9.17) is 9.15 Å². The SMILES string of the molecule is COc1csc(-c2cnc(CNC(C)(C)C)o2)c1. The second-order valence-electron chi connectivity index (χ2n) is 5.07. The summed E-state index contributed by atoms with van der Waals surface area (Å²) in [4.78, 5) is 5.30. The molecule has 0 bridgehead atoms. The molecule has 0 unspecified atom stereocenters. The lowest BCUT2D eigenvalue weighted by Crippen LogP contribution is -2.35. The van der Waals surface area contributed by atoms with E-state index in [0.29, 0.717) is 12.4 Å². The molecule has 1 N–H and O–H groups in total. The highest BCUT2D eigenvalue weighted by molar-refractivity contribution is 7.13. The van der Waals surface area contributed by atoms with Gasteiger partial charge in [0.1, 0.15) is 5.75 Å². The van der Waals surface area contributed by atoms with E-state index in [1.54, 1.807) is 24.6 Å². The van der Waals surface area contributed by atoms with Crippen molar-refractivity contribution < 1.29 is 9.15 Å². The molecule has 0 aromatic carbocycles. The van der Waals surface area contributed by atoms with Crippen LogP contribution in [0.2, 0.25) is 0 Å². The first kappa shape index (κ1) is 13.1. The van der Waals surface area contributed by atoms with Crippen LogP contribution in [0.25, 0.3) is 10.6 Å². The van der Waals surface area contributed by atoms with Crippen molar-refractivity contribution in [3.05, 3.63) is 23.5 Å². The lowest BCUT2D eigenvalue weighted by Gasteiger charge is -2.18. The number of nitrogens with one attached hydrogen (secondary N) is 1. The van der Waals surface area contributed by atoms with Gasteiger partial charge < -0.3 is 14.5 Å². The number of aromatic nitrogens is 1. The van der Waals surface area contributed by atoms with Crippen molar-refractivity contribution in [1.82, 2.24) is 10.3 Å². The van der Waals surface area contributed by atoms with E-state index in [1.807, 2.05) is 11.4 Å². The lowest BCUT2D eigenvalue weighted by atomic mass is 10.1. The molecule has 5 heteroatoms. The van der Waals surface area contributed by atoms with E-state index in [2.05, 4.69) is 31.1 Å². The topological polar surface area (TPSA) is 47.3 Å². The maximum atomic E-state index is 5.70. The van der Waals surface area contributed by atoms with E-state index in [-0.39, 0.29) is 5.54 Å². The predicted octanol–water partition coefficient (Wildman–Crippen LogP) is 3.30. The third kappa shape index (κ3) is 3.34. The van der Waals surface area contributed by atoms with Crippen molar-refractivity contribution in [2.45, 2.75) is 32.9 Å². The van der Waals surface area contributed by atoms with Crippen molar-refractivity contribution in [2.75, 3.05) is 7.11 Å². The molecule has 0 radical (unpaired) electrons. The van der Waals surface area contributed by atoms with E-state index in [1.165, 1.54) is 0 Å². The van der Waals surface area contributed by atoms with Gasteiger partial charge in [-0.05, 0) is 20.8 Å². The summed E-state index contributed by atoms with van der Waals surface area (Å²) in [5.41, 5.74) is 0.0563. The van der Waals surface area contributed by atoms with Gasteiger partial charge in [0.05, 0.1) is 24.7 Å². The second-order valence-corrected chi connectivity index (χ2v) is 5.98. The van der Waals surface area contributed by atoms with Crippen LogP contribution in [-0.4, -0.2) is 17.6 Å². The average molecular weight is 266 g/mol. The number of hydrogen-bond acceptors (Lipinski definition) is 5. The van der Waals surface area contributed by atoms with Crippen LogP contribution in [0, 0.1) is 0 Å². The molecule has 0 saturated heterocycles. The largest absolute Gasteiger partial charge is 0.496 e. The average Bonchev–Trinajstić information content (AvgIpc) is 2.94. The van der Waals surface area contributed by atoms with Gasteiger partial charge in [-0.1, -0.05) is 0 Å². The Morgan fingerprint density at radius 1 is 1.44 bits per heavy atom. The molecular weight excluding hydrogens is 248 g/mol. The molecule has 98 valence electrons. The minimum Gasteiger partial charge on any atom is -0.496 e. The van der Waals surface area contributed by atoms with Crippen LogP contribution in [0.3, 0.4) is 0 Å². The Hall–Kier alpha value is -1.33. The third-order valence-corrected chi connectivity index (χ3v) is 3.30. The number of ether oxygens (including phenoxy) is 1. The van der Waals surface area contributed by atoms with Gasteiger partial charge in [-0.15, -0.1) is 11.3 Å². The van der Waals surface area contributed by atoms with Gasteiger partial charge >= 0.3 is 0 Å². The monoisotopic (exact) mass is 266 g/mol. The second kappa shape index (κ2) is 5.12. The maximum absolute atomic E-state index is 5.70. The summed E-state index contributed by atoms with van der Waals surface area (Å²) in [5.74, 6) is 2.34. The van der Waals surface area contributed by atoms with Gasteiger partial charge in [0.2, 0.25) is 5.89 Å². The van der Waals surface area contributed by atoms with E-state index < -0.39 is 0 Å².